The molecule has 0 radical (unpaired) electrons. The third-order valence-corrected chi connectivity index (χ3v) is 8.18. The van der Waals surface area contributed by atoms with Gasteiger partial charge < -0.3 is 14.5 Å². The van der Waals surface area contributed by atoms with Crippen LogP contribution in [0.2, 0.25) is 5.02 Å². The predicted molar refractivity (Wildman–Crippen MR) is 162 cm³/mol. The van der Waals surface area contributed by atoms with Crippen LogP contribution in [-0.2, 0) is 11.2 Å². The van der Waals surface area contributed by atoms with Crippen molar-refractivity contribution in [2.75, 3.05) is 24.6 Å². The highest BCUT2D eigenvalue weighted by atomic mass is 35.5. The maximum atomic E-state index is 14.0. The zero-order valence-corrected chi connectivity index (χ0v) is 24.1. The summed E-state index contributed by atoms with van der Waals surface area (Å²) in [6.45, 7) is 7.43. The summed E-state index contributed by atoms with van der Waals surface area (Å²) in [5.41, 5.74) is 3.00. The predicted octanol–water partition coefficient (Wildman–Crippen LogP) is 5.43. The monoisotopic (exact) mass is 569 g/mol. The molecule has 210 valence electrons. The van der Waals surface area contributed by atoms with Gasteiger partial charge in [-0.25, -0.2) is 14.3 Å². The van der Waals surface area contributed by atoms with Crippen LogP contribution in [-0.4, -0.2) is 57.1 Å². The van der Waals surface area contributed by atoms with E-state index in [1.54, 1.807) is 4.57 Å². The highest BCUT2D eigenvalue weighted by molar-refractivity contribution is 6.34. The molecule has 0 N–H and O–H groups in total. The molecule has 9 heteroatoms. The summed E-state index contributed by atoms with van der Waals surface area (Å²) < 4.78 is 7.70. The Bertz CT molecular complexity index is 1730. The lowest BCUT2D eigenvalue weighted by atomic mass is 10.1. The molecule has 4 aromatic rings. The van der Waals surface area contributed by atoms with Gasteiger partial charge in [0.05, 0.1) is 21.8 Å². The summed E-state index contributed by atoms with van der Waals surface area (Å²) in [5.74, 6) is 1.30. The minimum absolute atomic E-state index is 0.0428. The summed E-state index contributed by atoms with van der Waals surface area (Å²) >= 11 is 6.97. The molecule has 0 saturated carbocycles. The second-order valence-electron chi connectivity index (χ2n) is 10.6. The number of amides is 1. The third-order valence-electron chi connectivity index (χ3n) is 7.90. The number of hydrogen-bond acceptors (Lipinski definition) is 6. The molecule has 2 aromatic heterocycles. The summed E-state index contributed by atoms with van der Waals surface area (Å²) in [6.07, 6.45) is 5.08. The van der Waals surface area contributed by atoms with E-state index in [1.807, 2.05) is 85.5 Å². The van der Waals surface area contributed by atoms with E-state index < -0.39 is 5.69 Å². The van der Waals surface area contributed by atoms with Gasteiger partial charge in [0, 0.05) is 37.2 Å². The fourth-order valence-corrected chi connectivity index (χ4v) is 6.06. The van der Waals surface area contributed by atoms with Gasteiger partial charge >= 0.3 is 5.69 Å². The fourth-order valence-electron chi connectivity index (χ4n) is 5.81. The number of pyridine rings is 1. The van der Waals surface area contributed by atoms with E-state index in [2.05, 4.69) is 16.8 Å². The maximum absolute atomic E-state index is 14.0. The number of ether oxygens (including phenoxy) is 1. The molecule has 1 fully saturated rings. The quantitative estimate of drug-likeness (QED) is 0.300. The summed E-state index contributed by atoms with van der Waals surface area (Å²) in [5, 5.41) is 1.10. The summed E-state index contributed by atoms with van der Waals surface area (Å²) in [6, 6.07) is 17.2. The highest BCUT2D eigenvalue weighted by Gasteiger charge is 2.34. The number of allylic oxidation sites excluding steroid dienone is 1. The smallest absolute Gasteiger partial charge is 0.355 e. The fraction of sp³-hybridized carbons (Fsp3) is 0.312. The van der Waals surface area contributed by atoms with Crippen molar-refractivity contribution in [3.05, 3.63) is 87.8 Å². The first-order valence-electron chi connectivity index (χ1n) is 14.0. The number of nitrogens with zero attached hydrogens (tertiary/aromatic N) is 5. The Hall–Kier alpha value is -4.17. The molecule has 2 aliphatic heterocycles. The van der Waals surface area contributed by atoms with Gasteiger partial charge in [-0.05, 0) is 50.1 Å². The second kappa shape index (κ2) is 11.0. The molecule has 1 amide bonds. The van der Waals surface area contributed by atoms with Crippen molar-refractivity contribution >= 4 is 34.4 Å². The molecule has 0 spiro atoms. The standard InChI is InChI=1S/C32H32ClN5O3/c1-4-28(39)36-18-21(3)37(19-20(36)2)30-24-17-25(33)29-23-13-6-8-15-27(23)41-16-10-9-12-22-11-5-7-14-26(22)38(31(24)34-29)32(40)35-30/h5-11,13-15,17,20-21H,4,12,16,18-19H2,1-3H3/b10-9+. The van der Waals surface area contributed by atoms with Gasteiger partial charge in [0.2, 0.25) is 5.91 Å². The molecule has 4 heterocycles. The molecule has 41 heavy (non-hydrogen) atoms. The van der Waals surface area contributed by atoms with Crippen LogP contribution in [0.25, 0.3) is 28.0 Å². The Morgan fingerprint density at radius 3 is 2.63 bits per heavy atom. The third kappa shape index (κ3) is 4.86. The molecule has 2 unspecified atom stereocenters. The number of hydrogen-bond donors (Lipinski definition) is 0. The van der Waals surface area contributed by atoms with E-state index in [0.29, 0.717) is 65.9 Å². The lowest BCUT2D eigenvalue weighted by Gasteiger charge is -2.45. The Morgan fingerprint density at radius 1 is 1.02 bits per heavy atom. The summed E-state index contributed by atoms with van der Waals surface area (Å²) in [4.78, 5) is 40.3. The van der Waals surface area contributed by atoms with Crippen LogP contribution in [0.3, 0.4) is 0 Å². The minimum atomic E-state index is -0.420. The SMILES string of the molecule is CCC(=O)N1CC(C)N(c2nc(=O)n3c4nc(c(Cl)cc24)-c2ccccc2OC/C=C/Cc2ccccc2-3)CC1C. The van der Waals surface area contributed by atoms with Gasteiger partial charge in [-0.1, -0.05) is 61.0 Å². The topological polar surface area (TPSA) is 80.6 Å². The Balaban J connectivity index is 1.63. The molecule has 1 saturated heterocycles. The van der Waals surface area contributed by atoms with Gasteiger partial charge in [0.25, 0.3) is 0 Å². The molecule has 2 aromatic carbocycles. The Kier molecular flexibility index (Phi) is 7.26. The second-order valence-corrected chi connectivity index (χ2v) is 11.0. The van der Waals surface area contributed by atoms with Gasteiger partial charge in [-0.2, -0.15) is 4.98 Å². The lowest BCUT2D eigenvalue weighted by molar-refractivity contribution is -0.133. The van der Waals surface area contributed by atoms with E-state index in [9.17, 15) is 9.59 Å². The van der Waals surface area contributed by atoms with Crippen LogP contribution in [0, 0.1) is 0 Å². The first kappa shape index (κ1) is 27.0. The van der Waals surface area contributed by atoms with Crippen LogP contribution in [0.1, 0.15) is 32.8 Å². The first-order valence-corrected chi connectivity index (χ1v) is 14.4. The van der Waals surface area contributed by atoms with E-state index in [1.165, 1.54) is 0 Å². The number of aromatic nitrogens is 3. The largest absolute Gasteiger partial charge is 0.489 e. The minimum Gasteiger partial charge on any atom is -0.489 e. The van der Waals surface area contributed by atoms with Crippen molar-refractivity contribution in [2.24, 2.45) is 0 Å². The number of rotatable bonds is 2. The average Bonchev–Trinajstić information content (AvgIpc) is 2.98. The van der Waals surface area contributed by atoms with Crippen LogP contribution < -0.4 is 15.3 Å². The van der Waals surface area contributed by atoms with Gasteiger partial charge in [-0.15, -0.1) is 0 Å². The molecule has 2 bridgehead atoms. The van der Waals surface area contributed by atoms with Crippen molar-refractivity contribution in [1.82, 2.24) is 19.4 Å². The number of piperazine rings is 1. The number of fused-ring (bicyclic) bond motifs is 5. The van der Waals surface area contributed by atoms with Crippen LogP contribution in [0.4, 0.5) is 5.82 Å². The Labute approximate surface area is 243 Å². The number of benzene rings is 2. The normalized spacial score (nSPS) is 19.4. The van der Waals surface area contributed by atoms with Crippen LogP contribution in [0.5, 0.6) is 5.75 Å². The maximum Gasteiger partial charge on any atom is 0.355 e. The molecule has 0 aliphatic carbocycles. The van der Waals surface area contributed by atoms with Gasteiger partial charge in [0.15, 0.2) is 5.65 Å². The number of anilines is 1. The summed E-state index contributed by atoms with van der Waals surface area (Å²) in [7, 11) is 0. The molecule has 8 nitrogen and oxygen atoms in total. The number of para-hydroxylation sites is 2. The van der Waals surface area contributed by atoms with E-state index in [0.717, 1.165) is 16.8 Å². The number of carbonyl (C=O) groups excluding carboxylic acids is 1. The lowest BCUT2D eigenvalue weighted by Crippen LogP contribution is -2.58. The van der Waals surface area contributed by atoms with E-state index in [4.69, 9.17) is 21.3 Å². The molecule has 2 atom stereocenters. The highest BCUT2D eigenvalue weighted by Crippen LogP contribution is 2.38. The number of halogens is 1. The van der Waals surface area contributed by atoms with Crippen molar-refractivity contribution in [2.45, 2.75) is 45.7 Å². The van der Waals surface area contributed by atoms with Gasteiger partial charge in [-0.3, -0.25) is 4.79 Å². The Morgan fingerprint density at radius 2 is 1.80 bits per heavy atom. The van der Waals surface area contributed by atoms with Gasteiger partial charge in [0.1, 0.15) is 18.2 Å². The van der Waals surface area contributed by atoms with E-state index >= 15 is 0 Å². The van der Waals surface area contributed by atoms with Crippen molar-refractivity contribution in [1.29, 1.82) is 0 Å². The van der Waals surface area contributed by atoms with Crippen LogP contribution >= 0.6 is 11.6 Å². The zero-order valence-electron chi connectivity index (χ0n) is 23.4. The molecular formula is C32H32ClN5O3. The van der Waals surface area contributed by atoms with Crippen LogP contribution in [0.15, 0.2) is 71.5 Å². The first-order chi connectivity index (χ1) is 19.9. The number of carbonyl (C=O) groups is 1. The van der Waals surface area contributed by atoms with Crippen molar-refractivity contribution < 1.29 is 9.53 Å². The van der Waals surface area contributed by atoms with E-state index in [-0.39, 0.29) is 18.0 Å². The van der Waals surface area contributed by atoms with Crippen molar-refractivity contribution in [3.63, 3.8) is 0 Å². The average molecular weight is 570 g/mol. The molecule has 6 rings (SSSR count). The van der Waals surface area contributed by atoms with Crippen molar-refractivity contribution in [3.8, 4) is 22.7 Å². The zero-order chi connectivity index (χ0) is 28.7. The molecule has 2 aliphatic rings. The molecular weight excluding hydrogens is 538 g/mol.